The van der Waals surface area contributed by atoms with Gasteiger partial charge in [-0.15, -0.1) is 0 Å². The Hall–Kier alpha value is -1.88. The number of hydrogen-bond acceptors (Lipinski definition) is 4. The maximum atomic E-state index is 12.5. The molecule has 4 rings (SSSR count). The van der Waals surface area contributed by atoms with Crippen LogP contribution in [0.3, 0.4) is 0 Å². The summed E-state index contributed by atoms with van der Waals surface area (Å²) in [5.74, 6) is 1.76. The summed E-state index contributed by atoms with van der Waals surface area (Å²) >= 11 is 0. The molecule has 0 saturated carbocycles. The Kier molecular flexibility index (Phi) is 4.75. The van der Waals surface area contributed by atoms with Gasteiger partial charge in [0.15, 0.2) is 0 Å². The molecule has 1 amide bonds. The first-order valence-electron chi connectivity index (χ1n) is 9.36. The molecule has 1 aromatic heterocycles. The number of ether oxygens (including phenoxy) is 2. The van der Waals surface area contributed by atoms with Gasteiger partial charge in [0.1, 0.15) is 5.60 Å². The van der Waals surface area contributed by atoms with Crippen LogP contribution in [0.2, 0.25) is 0 Å². The van der Waals surface area contributed by atoms with Crippen molar-refractivity contribution in [3.63, 3.8) is 0 Å². The minimum Gasteiger partial charge on any atom is -0.478 e. The Bertz CT molecular complexity index is 617. The van der Waals surface area contributed by atoms with Crippen LogP contribution in [0.5, 0.6) is 5.88 Å². The summed E-state index contributed by atoms with van der Waals surface area (Å²) in [7, 11) is 0. The van der Waals surface area contributed by atoms with Crippen LogP contribution in [0.4, 0.5) is 0 Å². The second-order valence-corrected chi connectivity index (χ2v) is 7.53. The average molecular weight is 342 g/mol. The Morgan fingerprint density at radius 2 is 2.16 bits per heavy atom. The molecule has 5 heteroatoms. The van der Waals surface area contributed by atoms with E-state index in [2.05, 4.69) is 17.1 Å². The van der Waals surface area contributed by atoms with E-state index in [-0.39, 0.29) is 11.5 Å². The molecule has 0 unspecified atom stereocenters. The quantitative estimate of drug-likeness (QED) is 0.772. The first-order chi connectivity index (χ1) is 12.2. The minimum absolute atomic E-state index is 0.102. The summed E-state index contributed by atoms with van der Waals surface area (Å²) in [5, 5.41) is 0. The molecule has 0 N–H and O–H groups in total. The number of aromatic nitrogens is 1. The van der Waals surface area contributed by atoms with Crippen LogP contribution in [0.25, 0.3) is 0 Å². The first-order valence-corrected chi connectivity index (χ1v) is 9.36. The van der Waals surface area contributed by atoms with E-state index in [1.54, 1.807) is 6.20 Å². The van der Waals surface area contributed by atoms with E-state index in [1.165, 1.54) is 0 Å². The molecule has 25 heavy (non-hydrogen) atoms. The summed E-state index contributed by atoms with van der Waals surface area (Å²) in [6.07, 6.45) is 10.9. The molecule has 0 aromatic carbocycles. The van der Waals surface area contributed by atoms with E-state index in [1.807, 2.05) is 23.1 Å². The van der Waals surface area contributed by atoms with Gasteiger partial charge < -0.3 is 14.4 Å². The highest BCUT2D eigenvalue weighted by Crippen LogP contribution is 2.39. The van der Waals surface area contributed by atoms with Crippen molar-refractivity contribution < 1.29 is 14.3 Å². The highest BCUT2D eigenvalue weighted by atomic mass is 16.5. The monoisotopic (exact) mass is 342 g/mol. The molecular weight excluding hydrogens is 316 g/mol. The largest absolute Gasteiger partial charge is 0.478 e. The van der Waals surface area contributed by atoms with Gasteiger partial charge in [-0.25, -0.2) is 4.98 Å². The van der Waals surface area contributed by atoms with E-state index >= 15 is 0 Å². The van der Waals surface area contributed by atoms with E-state index in [4.69, 9.17) is 9.47 Å². The van der Waals surface area contributed by atoms with Gasteiger partial charge in [0, 0.05) is 24.8 Å². The lowest BCUT2D eigenvalue weighted by Crippen LogP contribution is -2.67. The molecule has 2 aliphatic heterocycles. The number of amides is 1. The molecular formula is C20H26N2O3. The van der Waals surface area contributed by atoms with Crippen molar-refractivity contribution in [2.45, 2.75) is 37.7 Å². The number of likely N-dealkylation sites (tertiary alicyclic amines) is 1. The molecule has 1 spiro atoms. The van der Waals surface area contributed by atoms with E-state index in [0.29, 0.717) is 24.3 Å². The number of pyridine rings is 1. The number of carbonyl (C=O) groups is 1. The van der Waals surface area contributed by atoms with Gasteiger partial charge in [-0.05, 0) is 44.1 Å². The molecule has 1 aromatic rings. The molecule has 1 aliphatic carbocycles. The first kappa shape index (κ1) is 16.6. The topological polar surface area (TPSA) is 51.7 Å². The van der Waals surface area contributed by atoms with Crippen LogP contribution in [0, 0.1) is 11.8 Å². The molecule has 3 heterocycles. The number of hydrogen-bond donors (Lipinski definition) is 0. The van der Waals surface area contributed by atoms with Crippen molar-refractivity contribution in [1.82, 2.24) is 9.88 Å². The van der Waals surface area contributed by atoms with Crippen molar-refractivity contribution in [1.29, 1.82) is 0 Å². The fourth-order valence-electron chi connectivity index (χ4n) is 4.24. The summed E-state index contributed by atoms with van der Waals surface area (Å²) in [6.45, 7) is 3.01. The molecule has 1 atom stereocenters. The third kappa shape index (κ3) is 3.71. The molecule has 5 nitrogen and oxygen atoms in total. The SMILES string of the molecule is O=C(C1CC=CC1)N1CC2(C[C@H](CCOc3ccccn3)CCO2)C1. The maximum Gasteiger partial charge on any atom is 0.226 e. The molecule has 2 saturated heterocycles. The van der Waals surface area contributed by atoms with Gasteiger partial charge in [0.05, 0.1) is 19.7 Å². The Balaban J connectivity index is 1.22. The van der Waals surface area contributed by atoms with Gasteiger partial charge in [-0.1, -0.05) is 18.2 Å². The summed E-state index contributed by atoms with van der Waals surface area (Å²) < 4.78 is 11.8. The lowest BCUT2D eigenvalue weighted by Gasteiger charge is -2.53. The van der Waals surface area contributed by atoms with Gasteiger partial charge in [0.25, 0.3) is 0 Å². The van der Waals surface area contributed by atoms with Crippen LogP contribution in [-0.4, -0.2) is 47.7 Å². The molecule has 134 valence electrons. The molecule has 3 aliphatic rings. The normalized spacial score (nSPS) is 25.1. The van der Waals surface area contributed by atoms with Crippen molar-refractivity contribution >= 4 is 5.91 Å². The van der Waals surface area contributed by atoms with E-state index < -0.39 is 0 Å². The number of allylic oxidation sites excluding steroid dienone is 2. The maximum absolute atomic E-state index is 12.5. The number of carbonyl (C=O) groups excluding carboxylic acids is 1. The zero-order valence-electron chi connectivity index (χ0n) is 14.6. The van der Waals surface area contributed by atoms with Gasteiger partial charge in [-0.3, -0.25) is 4.79 Å². The third-order valence-electron chi connectivity index (χ3n) is 5.64. The molecule has 0 radical (unpaired) electrons. The predicted octanol–water partition coefficient (Wildman–Crippen LogP) is 2.82. The fourth-order valence-corrected chi connectivity index (χ4v) is 4.24. The zero-order valence-corrected chi connectivity index (χ0v) is 14.6. The fraction of sp³-hybridized carbons (Fsp3) is 0.600. The molecule has 2 fully saturated rings. The standard InChI is InChI=1S/C20H26N2O3/c23-19(17-5-1-2-6-17)22-14-20(15-22)13-16(9-12-25-20)8-11-24-18-7-3-4-10-21-18/h1-4,7,10,16-17H,5-6,8-9,11-15H2/t16-/m1/s1. The smallest absolute Gasteiger partial charge is 0.226 e. The van der Waals surface area contributed by atoms with E-state index in [9.17, 15) is 4.79 Å². The lowest BCUT2D eigenvalue weighted by atomic mass is 9.79. The van der Waals surface area contributed by atoms with Crippen LogP contribution < -0.4 is 4.74 Å². The summed E-state index contributed by atoms with van der Waals surface area (Å²) in [4.78, 5) is 18.6. The highest BCUT2D eigenvalue weighted by molar-refractivity contribution is 5.80. The Labute approximate surface area is 149 Å². The van der Waals surface area contributed by atoms with Crippen LogP contribution in [-0.2, 0) is 9.53 Å². The molecule has 0 bridgehead atoms. The predicted molar refractivity (Wildman–Crippen MR) is 94.2 cm³/mol. The van der Waals surface area contributed by atoms with Gasteiger partial charge in [-0.2, -0.15) is 0 Å². The number of rotatable bonds is 5. The van der Waals surface area contributed by atoms with Crippen LogP contribution in [0.15, 0.2) is 36.5 Å². The highest BCUT2D eigenvalue weighted by Gasteiger charge is 2.49. The van der Waals surface area contributed by atoms with Crippen LogP contribution in [0.1, 0.15) is 32.1 Å². The zero-order chi connectivity index (χ0) is 17.1. The van der Waals surface area contributed by atoms with Crippen molar-refractivity contribution in [2.24, 2.45) is 11.8 Å². The van der Waals surface area contributed by atoms with E-state index in [0.717, 1.165) is 51.8 Å². The Morgan fingerprint density at radius 3 is 2.92 bits per heavy atom. The minimum atomic E-state index is -0.102. The lowest BCUT2D eigenvalue weighted by molar-refractivity contribution is -0.191. The van der Waals surface area contributed by atoms with Crippen molar-refractivity contribution in [3.05, 3.63) is 36.5 Å². The van der Waals surface area contributed by atoms with Crippen molar-refractivity contribution in [2.75, 3.05) is 26.3 Å². The second kappa shape index (κ2) is 7.16. The number of nitrogens with zero attached hydrogens (tertiary/aromatic N) is 2. The van der Waals surface area contributed by atoms with Gasteiger partial charge in [0.2, 0.25) is 11.8 Å². The van der Waals surface area contributed by atoms with Crippen LogP contribution >= 0.6 is 0 Å². The van der Waals surface area contributed by atoms with Gasteiger partial charge >= 0.3 is 0 Å². The summed E-state index contributed by atoms with van der Waals surface area (Å²) in [5.41, 5.74) is -0.102. The summed E-state index contributed by atoms with van der Waals surface area (Å²) in [6, 6.07) is 5.71. The van der Waals surface area contributed by atoms with Crippen molar-refractivity contribution in [3.8, 4) is 5.88 Å². The third-order valence-corrected chi connectivity index (χ3v) is 5.64. The average Bonchev–Trinajstić information content (AvgIpc) is 3.15. The Morgan fingerprint density at radius 1 is 1.32 bits per heavy atom. The second-order valence-electron chi connectivity index (χ2n) is 7.53.